The lowest BCUT2D eigenvalue weighted by molar-refractivity contribution is 0.0697. The molecule has 1 heterocycles. The highest BCUT2D eigenvalue weighted by atomic mass is 32.2. The second-order valence-corrected chi connectivity index (χ2v) is 7.55. The summed E-state index contributed by atoms with van der Waals surface area (Å²) in [7, 11) is -2.97. The van der Waals surface area contributed by atoms with Gasteiger partial charge in [0.15, 0.2) is 9.84 Å². The van der Waals surface area contributed by atoms with Gasteiger partial charge in [0.2, 0.25) is 0 Å². The van der Waals surface area contributed by atoms with Crippen molar-refractivity contribution in [2.75, 3.05) is 16.8 Å². The van der Waals surface area contributed by atoms with E-state index in [-0.39, 0.29) is 17.1 Å². The van der Waals surface area contributed by atoms with Crippen LogP contribution in [0.3, 0.4) is 0 Å². The van der Waals surface area contributed by atoms with Crippen LogP contribution in [0.15, 0.2) is 18.2 Å². The van der Waals surface area contributed by atoms with Crippen molar-refractivity contribution in [3.63, 3.8) is 0 Å². The minimum absolute atomic E-state index is 0.111. The van der Waals surface area contributed by atoms with Crippen LogP contribution in [0.4, 0.5) is 5.69 Å². The normalized spacial score (nSPS) is 25.2. The van der Waals surface area contributed by atoms with Crippen molar-refractivity contribution in [3.8, 4) is 0 Å². The van der Waals surface area contributed by atoms with Gasteiger partial charge in [-0.25, -0.2) is 13.2 Å². The van der Waals surface area contributed by atoms with Gasteiger partial charge in [0.25, 0.3) is 0 Å². The van der Waals surface area contributed by atoms with Gasteiger partial charge in [0, 0.05) is 11.2 Å². The minimum atomic E-state index is -2.97. The molecular weight excluding hydrogens is 266 g/mol. The molecule has 1 saturated heterocycles. The molecule has 0 spiro atoms. The SMILES string of the molecule is Cc1cc(C(=O)O)ccc1NC1(C)CCS(=O)(=O)C1. The van der Waals surface area contributed by atoms with Gasteiger partial charge < -0.3 is 10.4 Å². The lowest BCUT2D eigenvalue weighted by Crippen LogP contribution is -2.36. The van der Waals surface area contributed by atoms with Gasteiger partial charge in [-0.3, -0.25) is 0 Å². The molecule has 1 aliphatic heterocycles. The van der Waals surface area contributed by atoms with Crippen LogP contribution in [0.5, 0.6) is 0 Å². The number of sulfone groups is 1. The first-order chi connectivity index (χ1) is 8.71. The zero-order valence-corrected chi connectivity index (χ0v) is 11.8. The Hall–Kier alpha value is -1.56. The Morgan fingerprint density at radius 3 is 2.58 bits per heavy atom. The van der Waals surface area contributed by atoms with Gasteiger partial charge in [0.05, 0.1) is 17.1 Å². The van der Waals surface area contributed by atoms with Gasteiger partial charge in [-0.15, -0.1) is 0 Å². The average Bonchev–Trinajstić information content (AvgIpc) is 2.56. The van der Waals surface area contributed by atoms with Crippen molar-refractivity contribution in [2.45, 2.75) is 25.8 Å². The summed E-state index contributed by atoms with van der Waals surface area (Å²) >= 11 is 0. The molecule has 19 heavy (non-hydrogen) atoms. The van der Waals surface area contributed by atoms with Crippen LogP contribution in [0, 0.1) is 6.92 Å². The molecule has 1 atom stereocenters. The van der Waals surface area contributed by atoms with Gasteiger partial charge in [-0.05, 0) is 44.0 Å². The number of carboxylic acid groups (broad SMARTS) is 1. The van der Waals surface area contributed by atoms with Crippen molar-refractivity contribution in [2.24, 2.45) is 0 Å². The molecule has 5 nitrogen and oxygen atoms in total. The van der Waals surface area contributed by atoms with E-state index in [4.69, 9.17) is 5.11 Å². The second-order valence-electron chi connectivity index (χ2n) is 5.36. The van der Waals surface area contributed by atoms with Crippen LogP contribution in [-0.4, -0.2) is 36.5 Å². The molecule has 1 aromatic rings. The van der Waals surface area contributed by atoms with E-state index < -0.39 is 21.3 Å². The Kier molecular flexibility index (Phi) is 3.30. The van der Waals surface area contributed by atoms with Crippen molar-refractivity contribution in [3.05, 3.63) is 29.3 Å². The fourth-order valence-electron chi connectivity index (χ4n) is 2.37. The summed E-state index contributed by atoms with van der Waals surface area (Å²) < 4.78 is 23.1. The quantitative estimate of drug-likeness (QED) is 0.882. The van der Waals surface area contributed by atoms with Crippen LogP contribution in [0.1, 0.15) is 29.3 Å². The van der Waals surface area contributed by atoms with Gasteiger partial charge in [-0.1, -0.05) is 0 Å². The maximum Gasteiger partial charge on any atom is 0.335 e. The Balaban J connectivity index is 2.23. The standard InChI is InChI=1S/C13H17NO4S/c1-9-7-10(12(15)16)3-4-11(9)14-13(2)5-6-19(17,18)8-13/h3-4,7,14H,5-6,8H2,1-2H3,(H,15,16). The highest BCUT2D eigenvalue weighted by molar-refractivity contribution is 7.91. The summed E-state index contributed by atoms with van der Waals surface area (Å²) in [5.74, 6) is -0.660. The molecule has 1 aliphatic rings. The third-order valence-corrected chi connectivity index (χ3v) is 5.32. The minimum Gasteiger partial charge on any atom is -0.478 e. The molecule has 2 rings (SSSR count). The first kappa shape index (κ1) is 13.9. The number of nitrogens with one attached hydrogen (secondary N) is 1. The number of aryl methyl sites for hydroxylation is 1. The topological polar surface area (TPSA) is 83.5 Å². The Bertz CT molecular complexity index is 624. The number of aromatic carboxylic acids is 1. The van der Waals surface area contributed by atoms with Crippen LogP contribution in [-0.2, 0) is 9.84 Å². The smallest absolute Gasteiger partial charge is 0.335 e. The number of anilines is 1. The molecule has 1 unspecified atom stereocenters. The van der Waals surface area contributed by atoms with Crippen molar-refractivity contribution < 1.29 is 18.3 Å². The van der Waals surface area contributed by atoms with E-state index in [1.165, 1.54) is 6.07 Å². The van der Waals surface area contributed by atoms with Crippen molar-refractivity contribution in [1.29, 1.82) is 0 Å². The number of hydrogen-bond donors (Lipinski definition) is 2. The van der Waals surface area contributed by atoms with Gasteiger partial charge in [0.1, 0.15) is 0 Å². The Morgan fingerprint density at radius 1 is 1.42 bits per heavy atom. The van der Waals surface area contributed by atoms with Gasteiger partial charge in [-0.2, -0.15) is 0 Å². The lowest BCUT2D eigenvalue weighted by atomic mass is 10.00. The van der Waals surface area contributed by atoms with E-state index in [0.29, 0.717) is 6.42 Å². The number of hydrogen-bond acceptors (Lipinski definition) is 4. The van der Waals surface area contributed by atoms with Gasteiger partial charge >= 0.3 is 5.97 Å². The molecule has 2 N–H and O–H groups in total. The van der Waals surface area contributed by atoms with E-state index in [2.05, 4.69) is 5.32 Å². The van der Waals surface area contributed by atoms with Crippen molar-refractivity contribution in [1.82, 2.24) is 0 Å². The molecular formula is C13H17NO4S. The molecule has 104 valence electrons. The molecule has 1 aromatic carbocycles. The summed E-state index contributed by atoms with van der Waals surface area (Å²) in [6.45, 7) is 3.68. The first-order valence-corrected chi connectivity index (χ1v) is 7.85. The average molecular weight is 283 g/mol. The third-order valence-electron chi connectivity index (χ3n) is 3.41. The highest BCUT2D eigenvalue weighted by Crippen LogP contribution is 2.29. The molecule has 0 aliphatic carbocycles. The predicted molar refractivity (Wildman–Crippen MR) is 73.4 cm³/mol. The number of benzene rings is 1. The first-order valence-electron chi connectivity index (χ1n) is 6.03. The van der Waals surface area contributed by atoms with E-state index in [9.17, 15) is 13.2 Å². The van der Waals surface area contributed by atoms with Crippen LogP contribution < -0.4 is 5.32 Å². The molecule has 6 heteroatoms. The molecule has 0 bridgehead atoms. The lowest BCUT2D eigenvalue weighted by Gasteiger charge is -2.26. The number of carbonyl (C=O) groups is 1. The summed E-state index contributed by atoms with van der Waals surface area (Å²) in [4.78, 5) is 10.9. The summed E-state index contributed by atoms with van der Waals surface area (Å²) in [5.41, 5.74) is 1.33. The zero-order valence-electron chi connectivity index (χ0n) is 10.9. The number of carboxylic acids is 1. The molecule has 0 saturated carbocycles. The third kappa shape index (κ3) is 3.07. The highest BCUT2D eigenvalue weighted by Gasteiger charge is 2.38. The molecule has 0 radical (unpaired) electrons. The van der Waals surface area contributed by atoms with E-state index in [1.54, 1.807) is 12.1 Å². The van der Waals surface area contributed by atoms with Crippen LogP contribution in [0.2, 0.25) is 0 Å². The Labute approximate surface area is 112 Å². The fourth-order valence-corrected chi connectivity index (χ4v) is 4.46. The molecule has 0 aromatic heterocycles. The largest absolute Gasteiger partial charge is 0.478 e. The summed E-state index contributed by atoms with van der Waals surface area (Å²) in [5, 5.41) is 12.1. The fraction of sp³-hybridized carbons (Fsp3) is 0.462. The Morgan fingerprint density at radius 2 is 2.11 bits per heavy atom. The van der Waals surface area contributed by atoms with Crippen LogP contribution in [0.25, 0.3) is 0 Å². The van der Waals surface area contributed by atoms with Crippen LogP contribution >= 0.6 is 0 Å². The summed E-state index contributed by atoms with van der Waals surface area (Å²) in [6, 6.07) is 4.79. The summed E-state index contributed by atoms with van der Waals surface area (Å²) in [6.07, 6.45) is 0.565. The van der Waals surface area contributed by atoms with E-state index >= 15 is 0 Å². The second kappa shape index (κ2) is 4.52. The monoisotopic (exact) mass is 283 g/mol. The predicted octanol–water partition coefficient (Wildman–Crippen LogP) is 1.68. The van der Waals surface area contributed by atoms with E-state index in [1.807, 2.05) is 13.8 Å². The molecule has 0 amide bonds. The number of rotatable bonds is 3. The zero-order chi connectivity index (χ0) is 14.3. The maximum absolute atomic E-state index is 11.5. The van der Waals surface area contributed by atoms with E-state index in [0.717, 1.165) is 11.3 Å². The molecule has 1 fully saturated rings. The maximum atomic E-state index is 11.5. The van der Waals surface area contributed by atoms with Crippen molar-refractivity contribution >= 4 is 21.5 Å².